The standard InChI is InChI=1S/C15H24N2O3/c1-12(2)11-20-9-8-19-7-6-15(18)17-14-5-3-4-13(16)10-14/h3-5,10,12H,6-9,11,16H2,1-2H3,(H,17,18). The van der Waals surface area contributed by atoms with Crippen LogP contribution < -0.4 is 11.1 Å². The van der Waals surface area contributed by atoms with Crippen LogP contribution in [0.3, 0.4) is 0 Å². The Labute approximate surface area is 120 Å². The third-order valence-corrected chi connectivity index (χ3v) is 2.47. The van der Waals surface area contributed by atoms with E-state index in [0.717, 1.165) is 6.61 Å². The van der Waals surface area contributed by atoms with Gasteiger partial charge in [-0.2, -0.15) is 0 Å². The predicted octanol–water partition coefficient (Wildman–Crippen LogP) is 2.29. The summed E-state index contributed by atoms with van der Waals surface area (Å²) in [5.41, 5.74) is 6.96. The molecular formula is C15H24N2O3. The first-order valence-electron chi connectivity index (χ1n) is 6.89. The van der Waals surface area contributed by atoms with Gasteiger partial charge in [0, 0.05) is 18.0 Å². The van der Waals surface area contributed by atoms with Gasteiger partial charge >= 0.3 is 0 Å². The van der Waals surface area contributed by atoms with Gasteiger partial charge < -0.3 is 20.5 Å². The van der Waals surface area contributed by atoms with Crippen molar-refractivity contribution in [3.05, 3.63) is 24.3 Å². The summed E-state index contributed by atoms with van der Waals surface area (Å²) in [4.78, 5) is 11.6. The molecule has 0 heterocycles. The number of nitrogen functional groups attached to an aromatic ring is 1. The van der Waals surface area contributed by atoms with E-state index in [1.165, 1.54) is 0 Å². The van der Waals surface area contributed by atoms with Gasteiger partial charge in [0.05, 0.1) is 26.2 Å². The SMILES string of the molecule is CC(C)COCCOCCC(=O)Nc1cccc(N)c1. The molecule has 1 rings (SSSR count). The normalized spacial score (nSPS) is 10.8. The van der Waals surface area contributed by atoms with Gasteiger partial charge in [0.15, 0.2) is 0 Å². The Balaban J connectivity index is 2.06. The summed E-state index contributed by atoms with van der Waals surface area (Å²) >= 11 is 0. The molecule has 0 aliphatic carbocycles. The molecule has 5 heteroatoms. The van der Waals surface area contributed by atoms with Gasteiger partial charge in [-0.15, -0.1) is 0 Å². The van der Waals surface area contributed by atoms with E-state index >= 15 is 0 Å². The van der Waals surface area contributed by atoms with Gasteiger partial charge in [-0.3, -0.25) is 4.79 Å². The molecule has 1 aromatic carbocycles. The summed E-state index contributed by atoms with van der Waals surface area (Å²) in [6, 6.07) is 7.09. The van der Waals surface area contributed by atoms with Crippen LogP contribution in [0.2, 0.25) is 0 Å². The first-order valence-corrected chi connectivity index (χ1v) is 6.89. The molecule has 1 aromatic rings. The van der Waals surface area contributed by atoms with Gasteiger partial charge in [0.1, 0.15) is 0 Å². The maximum Gasteiger partial charge on any atom is 0.226 e. The third-order valence-electron chi connectivity index (χ3n) is 2.47. The molecule has 20 heavy (non-hydrogen) atoms. The summed E-state index contributed by atoms with van der Waals surface area (Å²) < 4.78 is 10.7. The highest BCUT2D eigenvalue weighted by molar-refractivity contribution is 5.91. The Bertz CT molecular complexity index is 408. The molecule has 0 aliphatic rings. The van der Waals surface area contributed by atoms with Crippen molar-refractivity contribution in [1.82, 2.24) is 0 Å². The lowest BCUT2D eigenvalue weighted by molar-refractivity contribution is -0.117. The van der Waals surface area contributed by atoms with E-state index in [-0.39, 0.29) is 5.91 Å². The maximum absolute atomic E-state index is 11.6. The average Bonchev–Trinajstić information content (AvgIpc) is 2.37. The smallest absolute Gasteiger partial charge is 0.226 e. The van der Waals surface area contributed by atoms with Crippen molar-refractivity contribution in [2.24, 2.45) is 5.92 Å². The third kappa shape index (κ3) is 7.76. The fraction of sp³-hybridized carbons (Fsp3) is 0.533. The minimum atomic E-state index is -0.0845. The van der Waals surface area contributed by atoms with Crippen LogP contribution in [-0.2, 0) is 14.3 Å². The van der Waals surface area contributed by atoms with Crippen LogP contribution in [0.15, 0.2) is 24.3 Å². The van der Waals surface area contributed by atoms with Crippen molar-refractivity contribution in [2.75, 3.05) is 37.5 Å². The molecular weight excluding hydrogens is 256 g/mol. The molecule has 5 nitrogen and oxygen atoms in total. The topological polar surface area (TPSA) is 73.6 Å². The Morgan fingerprint density at radius 3 is 2.70 bits per heavy atom. The second-order valence-electron chi connectivity index (χ2n) is 5.00. The van der Waals surface area contributed by atoms with Gasteiger partial charge in [0.25, 0.3) is 0 Å². The molecule has 0 bridgehead atoms. The fourth-order valence-electron chi connectivity index (χ4n) is 1.54. The van der Waals surface area contributed by atoms with Crippen LogP contribution in [0.25, 0.3) is 0 Å². The molecule has 3 N–H and O–H groups in total. The number of anilines is 2. The van der Waals surface area contributed by atoms with Crippen molar-refractivity contribution in [3.8, 4) is 0 Å². The molecule has 0 aliphatic heterocycles. The lowest BCUT2D eigenvalue weighted by atomic mass is 10.2. The number of carbonyl (C=O) groups is 1. The highest BCUT2D eigenvalue weighted by Gasteiger charge is 2.02. The zero-order chi connectivity index (χ0) is 14.8. The summed E-state index contributed by atoms with van der Waals surface area (Å²) in [5, 5.41) is 2.77. The Hall–Kier alpha value is -1.59. The first-order chi connectivity index (χ1) is 9.58. The summed E-state index contributed by atoms with van der Waals surface area (Å²) in [6.45, 7) is 6.40. The number of amides is 1. The maximum atomic E-state index is 11.6. The number of benzene rings is 1. The molecule has 0 aromatic heterocycles. The van der Waals surface area contributed by atoms with Gasteiger partial charge in [0.2, 0.25) is 5.91 Å². The van der Waals surface area contributed by atoms with Crippen molar-refractivity contribution in [1.29, 1.82) is 0 Å². The van der Waals surface area contributed by atoms with Crippen LogP contribution in [0.4, 0.5) is 11.4 Å². The fourth-order valence-corrected chi connectivity index (χ4v) is 1.54. The largest absolute Gasteiger partial charge is 0.399 e. The molecule has 0 saturated carbocycles. The number of rotatable bonds is 9. The number of nitrogens with one attached hydrogen (secondary N) is 1. The zero-order valence-electron chi connectivity index (χ0n) is 12.2. The number of ether oxygens (including phenoxy) is 2. The molecule has 112 valence electrons. The average molecular weight is 280 g/mol. The van der Waals surface area contributed by atoms with Crippen LogP contribution in [0.1, 0.15) is 20.3 Å². The van der Waals surface area contributed by atoms with E-state index in [9.17, 15) is 4.79 Å². The summed E-state index contributed by atoms with van der Waals surface area (Å²) in [7, 11) is 0. The van der Waals surface area contributed by atoms with Crippen molar-refractivity contribution in [3.63, 3.8) is 0 Å². The van der Waals surface area contributed by atoms with Gasteiger partial charge in [-0.1, -0.05) is 19.9 Å². The van der Waals surface area contributed by atoms with Crippen LogP contribution in [0, 0.1) is 5.92 Å². The predicted molar refractivity (Wildman–Crippen MR) is 80.6 cm³/mol. The van der Waals surface area contributed by atoms with E-state index in [1.54, 1.807) is 24.3 Å². The zero-order valence-corrected chi connectivity index (χ0v) is 12.2. The van der Waals surface area contributed by atoms with E-state index < -0.39 is 0 Å². The highest BCUT2D eigenvalue weighted by atomic mass is 16.5. The second-order valence-corrected chi connectivity index (χ2v) is 5.00. The number of hydrogen-bond acceptors (Lipinski definition) is 4. The van der Waals surface area contributed by atoms with E-state index in [4.69, 9.17) is 15.2 Å². The van der Waals surface area contributed by atoms with Crippen molar-refractivity contribution < 1.29 is 14.3 Å². The van der Waals surface area contributed by atoms with E-state index in [2.05, 4.69) is 19.2 Å². The molecule has 1 amide bonds. The van der Waals surface area contributed by atoms with Gasteiger partial charge in [-0.05, 0) is 24.1 Å². The van der Waals surface area contributed by atoms with Gasteiger partial charge in [-0.25, -0.2) is 0 Å². The Morgan fingerprint density at radius 1 is 1.25 bits per heavy atom. The summed E-state index contributed by atoms with van der Waals surface area (Å²) in [5.74, 6) is 0.442. The summed E-state index contributed by atoms with van der Waals surface area (Å²) in [6.07, 6.45) is 0.318. The minimum absolute atomic E-state index is 0.0845. The van der Waals surface area contributed by atoms with Crippen molar-refractivity contribution >= 4 is 17.3 Å². The number of hydrogen-bond donors (Lipinski definition) is 2. The first kappa shape index (κ1) is 16.5. The Morgan fingerprint density at radius 2 is 2.00 bits per heavy atom. The van der Waals surface area contributed by atoms with E-state index in [1.807, 2.05) is 0 Å². The van der Waals surface area contributed by atoms with Crippen LogP contribution in [0.5, 0.6) is 0 Å². The highest BCUT2D eigenvalue weighted by Crippen LogP contribution is 2.11. The Kier molecular flexibility index (Phi) is 7.69. The lowest BCUT2D eigenvalue weighted by Gasteiger charge is -2.08. The molecule has 0 saturated heterocycles. The molecule has 0 unspecified atom stereocenters. The minimum Gasteiger partial charge on any atom is -0.399 e. The molecule has 0 atom stereocenters. The second kappa shape index (κ2) is 9.34. The molecule has 0 radical (unpaired) electrons. The quantitative estimate of drug-likeness (QED) is 0.537. The van der Waals surface area contributed by atoms with Crippen LogP contribution >= 0.6 is 0 Å². The van der Waals surface area contributed by atoms with E-state index in [0.29, 0.717) is 43.5 Å². The molecule has 0 spiro atoms. The lowest BCUT2D eigenvalue weighted by Crippen LogP contribution is -2.15. The van der Waals surface area contributed by atoms with Crippen LogP contribution in [-0.4, -0.2) is 32.3 Å². The monoisotopic (exact) mass is 280 g/mol. The number of carbonyl (C=O) groups excluding carboxylic acids is 1. The molecule has 0 fully saturated rings. The van der Waals surface area contributed by atoms with Crippen molar-refractivity contribution in [2.45, 2.75) is 20.3 Å². The number of nitrogens with two attached hydrogens (primary N) is 1.